The summed E-state index contributed by atoms with van der Waals surface area (Å²) in [6, 6.07) is 10.5. The normalized spacial score (nSPS) is 21.6. The highest BCUT2D eigenvalue weighted by molar-refractivity contribution is 7.80. The van der Waals surface area contributed by atoms with Gasteiger partial charge in [0.05, 0.1) is 17.8 Å². The molecule has 1 saturated heterocycles. The van der Waals surface area contributed by atoms with Gasteiger partial charge in [-0.3, -0.25) is 4.98 Å². The number of hydrogen-bond donors (Lipinski definition) is 2. The number of nitrogens with zero attached hydrogens (tertiary/aromatic N) is 2. The molecule has 0 amide bonds. The molecule has 1 aliphatic heterocycles. The summed E-state index contributed by atoms with van der Waals surface area (Å²) >= 11 is 5.54. The molecule has 21 heavy (non-hydrogen) atoms. The van der Waals surface area contributed by atoms with E-state index in [2.05, 4.69) is 52.2 Å². The molecule has 0 spiro atoms. The molecule has 2 N–H and O–H groups in total. The van der Waals surface area contributed by atoms with Crippen molar-refractivity contribution in [1.82, 2.24) is 20.2 Å². The van der Waals surface area contributed by atoms with Crippen LogP contribution in [-0.2, 0) is 0 Å². The molecular formula is C16H20N4S. The highest BCUT2D eigenvalue weighted by Gasteiger charge is 2.39. The van der Waals surface area contributed by atoms with Crippen molar-refractivity contribution in [3.8, 4) is 0 Å². The fourth-order valence-corrected chi connectivity index (χ4v) is 3.26. The number of nitrogens with one attached hydrogen (secondary N) is 2. The van der Waals surface area contributed by atoms with Crippen LogP contribution in [0.4, 0.5) is 0 Å². The Morgan fingerprint density at radius 2 is 2.14 bits per heavy atom. The van der Waals surface area contributed by atoms with E-state index in [9.17, 15) is 0 Å². The lowest BCUT2D eigenvalue weighted by molar-refractivity contribution is 0.312. The van der Waals surface area contributed by atoms with Crippen LogP contribution >= 0.6 is 12.2 Å². The number of aromatic amines is 1. The topological polar surface area (TPSA) is 44.0 Å². The summed E-state index contributed by atoms with van der Waals surface area (Å²) in [4.78, 5) is 10.2. The fourth-order valence-electron chi connectivity index (χ4n) is 2.92. The van der Waals surface area contributed by atoms with Gasteiger partial charge < -0.3 is 15.2 Å². The summed E-state index contributed by atoms with van der Waals surface area (Å²) in [6.45, 7) is 5.19. The average Bonchev–Trinajstić information content (AvgIpc) is 3.05. The zero-order valence-electron chi connectivity index (χ0n) is 12.3. The Morgan fingerprint density at radius 1 is 1.29 bits per heavy atom. The van der Waals surface area contributed by atoms with E-state index in [1.807, 2.05) is 18.3 Å². The first-order valence-electron chi connectivity index (χ1n) is 7.34. The van der Waals surface area contributed by atoms with E-state index < -0.39 is 0 Å². The molecule has 1 fully saturated rings. The monoisotopic (exact) mass is 300 g/mol. The van der Waals surface area contributed by atoms with Crippen LogP contribution < -0.4 is 5.32 Å². The average molecular weight is 300 g/mol. The minimum Gasteiger partial charge on any atom is -0.361 e. The molecule has 1 aliphatic rings. The number of aromatic nitrogens is 2. The molecule has 2 aromatic rings. The number of H-pyrrole nitrogens is 1. The minimum atomic E-state index is 0.0864. The number of thiocarbonyl (C=S) groups is 1. The third-order valence-electron chi connectivity index (χ3n) is 3.84. The largest absolute Gasteiger partial charge is 0.361 e. The second-order valence-electron chi connectivity index (χ2n) is 5.42. The zero-order chi connectivity index (χ0) is 14.8. The summed E-state index contributed by atoms with van der Waals surface area (Å²) in [6.07, 6.45) is 2.90. The van der Waals surface area contributed by atoms with Crippen molar-refractivity contribution in [2.45, 2.75) is 32.4 Å². The van der Waals surface area contributed by atoms with Crippen LogP contribution in [0.25, 0.3) is 0 Å². The lowest BCUT2D eigenvalue weighted by Crippen LogP contribution is -2.30. The van der Waals surface area contributed by atoms with Crippen LogP contribution in [0.5, 0.6) is 0 Å². The van der Waals surface area contributed by atoms with Crippen LogP contribution in [0.2, 0.25) is 0 Å². The van der Waals surface area contributed by atoms with Gasteiger partial charge in [0, 0.05) is 24.1 Å². The van der Waals surface area contributed by atoms with Gasteiger partial charge in [0.25, 0.3) is 0 Å². The van der Waals surface area contributed by atoms with E-state index in [0.717, 1.165) is 23.8 Å². The van der Waals surface area contributed by atoms with Crippen molar-refractivity contribution >= 4 is 17.3 Å². The first-order valence-corrected chi connectivity index (χ1v) is 7.75. The smallest absolute Gasteiger partial charge is 0.170 e. The standard InChI is InChI=1S/C16H20N4S/c1-3-10-20-15(13-8-7-11(2)18-13)14(19-16(20)21)12-6-4-5-9-17-12/h4-9,14-15,18H,3,10H2,1-2H3,(H,19,21). The van der Waals surface area contributed by atoms with Crippen LogP contribution in [0.1, 0.15) is 42.5 Å². The van der Waals surface area contributed by atoms with Crippen molar-refractivity contribution in [3.05, 3.63) is 53.6 Å². The predicted molar refractivity (Wildman–Crippen MR) is 88.0 cm³/mol. The third-order valence-corrected chi connectivity index (χ3v) is 4.19. The van der Waals surface area contributed by atoms with E-state index in [4.69, 9.17) is 12.2 Å². The molecular weight excluding hydrogens is 280 g/mol. The highest BCUT2D eigenvalue weighted by atomic mass is 32.1. The van der Waals surface area contributed by atoms with Crippen LogP contribution in [0.15, 0.2) is 36.5 Å². The maximum atomic E-state index is 5.54. The van der Waals surface area contributed by atoms with Crippen LogP contribution in [0.3, 0.4) is 0 Å². The molecule has 3 rings (SSSR count). The van der Waals surface area contributed by atoms with Crippen molar-refractivity contribution in [1.29, 1.82) is 0 Å². The lowest BCUT2D eigenvalue weighted by Gasteiger charge is -2.26. The molecule has 110 valence electrons. The Bertz CT molecular complexity index is 622. The molecule has 2 unspecified atom stereocenters. The molecule has 0 bridgehead atoms. The molecule has 4 nitrogen and oxygen atoms in total. The number of hydrogen-bond acceptors (Lipinski definition) is 2. The molecule has 5 heteroatoms. The minimum absolute atomic E-state index is 0.0864. The van der Waals surface area contributed by atoms with Gasteiger partial charge in [-0.05, 0) is 49.8 Å². The summed E-state index contributed by atoms with van der Waals surface area (Å²) in [5.41, 5.74) is 3.37. The van der Waals surface area contributed by atoms with E-state index in [-0.39, 0.29) is 12.1 Å². The first-order chi connectivity index (χ1) is 10.2. The first kappa shape index (κ1) is 14.1. The van der Waals surface area contributed by atoms with Crippen molar-refractivity contribution < 1.29 is 0 Å². The molecule has 3 heterocycles. The lowest BCUT2D eigenvalue weighted by atomic mass is 10.0. The van der Waals surface area contributed by atoms with Gasteiger partial charge in [-0.1, -0.05) is 13.0 Å². The van der Waals surface area contributed by atoms with Gasteiger partial charge >= 0.3 is 0 Å². The van der Waals surface area contributed by atoms with E-state index in [0.29, 0.717) is 0 Å². The van der Waals surface area contributed by atoms with Crippen LogP contribution in [0, 0.1) is 6.92 Å². The zero-order valence-corrected chi connectivity index (χ0v) is 13.2. The highest BCUT2D eigenvalue weighted by Crippen LogP contribution is 2.37. The Hall–Kier alpha value is -1.88. The Kier molecular flexibility index (Phi) is 3.92. The van der Waals surface area contributed by atoms with Gasteiger partial charge in [0.1, 0.15) is 0 Å². The summed E-state index contributed by atoms with van der Waals surface area (Å²) in [5, 5.41) is 4.25. The van der Waals surface area contributed by atoms with Gasteiger partial charge in [-0.25, -0.2) is 0 Å². The quantitative estimate of drug-likeness (QED) is 0.852. The number of pyridine rings is 1. The van der Waals surface area contributed by atoms with Gasteiger partial charge in [0.2, 0.25) is 0 Å². The molecule has 0 radical (unpaired) electrons. The Morgan fingerprint density at radius 3 is 2.76 bits per heavy atom. The van der Waals surface area contributed by atoms with Gasteiger partial charge in [-0.2, -0.15) is 0 Å². The van der Waals surface area contributed by atoms with E-state index in [1.54, 1.807) is 0 Å². The predicted octanol–water partition coefficient (Wildman–Crippen LogP) is 3.10. The SMILES string of the molecule is CCCN1C(=S)NC(c2ccccn2)C1c1ccc(C)[nH]1. The third kappa shape index (κ3) is 2.65. The number of aryl methyl sites for hydroxylation is 1. The molecule has 0 saturated carbocycles. The Labute approximate surface area is 130 Å². The summed E-state index contributed by atoms with van der Waals surface area (Å²) < 4.78 is 0. The number of rotatable bonds is 4. The van der Waals surface area contributed by atoms with Crippen molar-refractivity contribution in [3.63, 3.8) is 0 Å². The summed E-state index contributed by atoms with van der Waals surface area (Å²) in [5.74, 6) is 0. The second kappa shape index (κ2) is 5.85. The molecule has 0 aromatic carbocycles. The maximum Gasteiger partial charge on any atom is 0.170 e. The fraction of sp³-hybridized carbons (Fsp3) is 0.375. The van der Waals surface area contributed by atoms with Gasteiger partial charge in [-0.15, -0.1) is 0 Å². The van der Waals surface area contributed by atoms with E-state index >= 15 is 0 Å². The van der Waals surface area contributed by atoms with Gasteiger partial charge in [0.15, 0.2) is 5.11 Å². The van der Waals surface area contributed by atoms with E-state index in [1.165, 1.54) is 11.4 Å². The maximum absolute atomic E-state index is 5.54. The second-order valence-corrected chi connectivity index (χ2v) is 5.80. The summed E-state index contributed by atoms with van der Waals surface area (Å²) in [7, 11) is 0. The molecule has 2 atom stereocenters. The molecule has 0 aliphatic carbocycles. The van der Waals surface area contributed by atoms with Crippen molar-refractivity contribution in [2.24, 2.45) is 0 Å². The molecule has 2 aromatic heterocycles. The Balaban J connectivity index is 2.00. The van der Waals surface area contributed by atoms with Crippen molar-refractivity contribution in [2.75, 3.05) is 6.54 Å². The van der Waals surface area contributed by atoms with Crippen LogP contribution in [-0.4, -0.2) is 26.5 Å².